The predicted molar refractivity (Wildman–Crippen MR) is 76.6 cm³/mol. The van der Waals surface area contributed by atoms with Gasteiger partial charge in [-0.1, -0.05) is 13.0 Å². The summed E-state index contributed by atoms with van der Waals surface area (Å²) in [6, 6.07) is 6.05. The highest BCUT2D eigenvalue weighted by Gasteiger charge is 2.54. The maximum absolute atomic E-state index is 5.99. The molecular formula is C14H26NO3Si+. The van der Waals surface area contributed by atoms with E-state index in [4.69, 9.17) is 13.3 Å². The second-order valence-electron chi connectivity index (χ2n) is 4.15. The summed E-state index contributed by atoms with van der Waals surface area (Å²) in [5, 5.41) is 0. The van der Waals surface area contributed by atoms with Crippen LogP contribution in [0.25, 0.3) is 0 Å². The van der Waals surface area contributed by atoms with Gasteiger partial charge >= 0.3 is 8.80 Å². The molecule has 5 heteroatoms. The van der Waals surface area contributed by atoms with Crippen molar-refractivity contribution < 1.29 is 17.8 Å². The van der Waals surface area contributed by atoms with Gasteiger partial charge in [-0.3, -0.25) is 0 Å². The lowest BCUT2D eigenvalue weighted by Gasteiger charge is -2.31. The van der Waals surface area contributed by atoms with E-state index in [-0.39, 0.29) is 5.67 Å². The monoisotopic (exact) mass is 284 g/mol. The smallest absolute Gasteiger partial charge is 0.370 e. The van der Waals surface area contributed by atoms with E-state index in [1.807, 2.05) is 51.4 Å². The fourth-order valence-electron chi connectivity index (χ4n) is 2.28. The third-order valence-electron chi connectivity index (χ3n) is 2.93. The fourth-order valence-corrected chi connectivity index (χ4v) is 5.35. The van der Waals surface area contributed by atoms with Crippen molar-refractivity contribution >= 4 is 8.80 Å². The highest BCUT2D eigenvalue weighted by atomic mass is 28.4. The third-order valence-corrected chi connectivity index (χ3v) is 6.53. The first kappa shape index (κ1) is 16.3. The van der Waals surface area contributed by atoms with Gasteiger partial charge in [0.2, 0.25) is 5.67 Å². The highest BCUT2D eigenvalue weighted by Crippen LogP contribution is 2.23. The van der Waals surface area contributed by atoms with Gasteiger partial charge in [0.15, 0.2) is 12.4 Å². The van der Waals surface area contributed by atoms with E-state index in [0.29, 0.717) is 19.8 Å². The molecule has 0 N–H and O–H groups in total. The van der Waals surface area contributed by atoms with Crippen molar-refractivity contribution in [3.05, 3.63) is 30.6 Å². The van der Waals surface area contributed by atoms with Crippen molar-refractivity contribution in [2.45, 2.75) is 39.8 Å². The summed E-state index contributed by atoms with van der Waals surface area (Å²) in [6.45, 7) is 9.93. The maximum Gasteiger partial charge on any atom is 0.573 e. The Bertz CT molecular complexity index is 331. The van der Waals surface area contributed by atoms with Gasteiger partial charge in [0.25, 0.3) is 0 Å². The first-order chi connectivity index (χ1) is 9.24. The average Bonchev–Trinajstić information content (AvgIpc) is 2.41. The molecule has 108 valence electrons. The lowest BCUT2D eigenvalue weighted by Crippen LogP contribution is -2.62. The Morgan fingerprint density at radius 3 is 1.68 bits per heavy atom. The van der Waals surface area contributed by atoms with Gasteiger partial charge in [-0.2, -0.15) is 4.57 Å². The Morgan fingerprint density at radius 1 is 0.842 bits per heavy atom. The van der Waals surface area contributed by atoms with E-state index in [2.05, 4.69) is 11.5 Å². The second-order valence-corrected chi connectivity index (χ2v) is 6.89. The molecule has 1 aromatic rings. The van der Waals surface area contributed by atoms with Crippen LogP contribution in [0.1, 0.15) is 39.8 Å². The molecule has 0 fully saturated rings. The third kappa shape index (κ3) is 4.11. The molecule has 1 rings (SSSR count). The van der Waals surface area contributed by atoms with E-state index in [9.17, 15) is 0 Å². The summed E-state index contributed by atoms with van der Waals surface area (Å²) in [7, 11) is -2.70. The molecule has 1 aromatic heterocycles. The molecular weight excluding hydrogens is 258 g/mol. The SMILES string of the molecule is CCO[Si](OCC)(OCC)C(CC)[n+]1ccccc1. The molecule has 0 saturated carbocycles. The zero-order valence-electron chi connectivity index (χ0n) is 12.5. The van der Waals surface area contributed by atoms with Crippen LogP contribution < -0.4 is 4.57 Å². The minimum atomic E-state index is -2.70. The lowest BCUT2D eigenvalue weighted by molar-refractivity contribution is -0.710. The molecule has 0 radical (unpaired) electrons. The van der Waals surface area contributed by atoms with Gasteiger partial charge in [-0.05, 0) is 20.8 Å². The van der Waals surface area contributed by atoms with Crippen LogP contribution in [0.3, 0.4) is 0 Å². The molecule has 0 amide bonds. The van der Waals surface area contributed by atoms with Crippen LogP contribution >= 0.6 is 0 Å². The molecule has 0 spiro atoms. The average molecular weight is 284 g/mol. The van der Waals surface area contributed by atoms with Crippen molar-refractivity contribution in [2.75, 3.05) is 19.8 Å². The van der Waals surface area contributed by atoms with E-state index in [1.165, 1.54) is 0 Å². The molecule has 0 aromatic carbocycles. The van der Waals surface area contributed by atoms with Crippen LogP contribution in [0.5, 0.6) is 0 Å². The largest absolute Gasteiger partial charge is 0.573 e. The Labute approximate surface area is 117 Å². The summed E-state index contributed by atoms with van der Waals surface area (Å²) in [4.78, 5) is 0. The Balaban J connectivity index is 3.10. The van der Waals surface area contributed by atoms with Crippen molar-refractivity contribution in [3.8, 4) is 0 Å². The molecule has 0 bridgehead atoms. The van der Waals surface area contributed by atoms with Crippen LogP contribution in [0.4, 0.5) is 0 Å². The molecule has 1 heterocycles. The van der Waals surface area contributed by atoms with Gasteiger partial charge in [-0.15, -0.1) is 0 Å². The van der Waals surface area contributed by atoms with Crippen molar-refractivity contribution in [2.24, 2.45) is 0 Å². The predicted octanol–water partition coefficient (Wildman–Crippen LogP) is 2.51. The van der Waals surface area contributed by atoms with E-state index in [0.717, 1.165) is 6.42 Å². The summed E-state index contributed by atoms with van der Waals surface area (Å²) < 4.78 is 20.1. The van der Waals surface area contributed by atoms with Crippen molar-refractivity contribution in [1.29, 1.82) is 0 Å². The zero-order chi connectivity index (χ0) is 14.1. The molecule has 0 aliphatic heterocycles. The van der Waals surface area contributed by atoms with Gasteiger partial charge in [0.1, 0.15) is 0 Å². The molecule has 19 heavy (non-hydrogen) atoms. The van der Waals surface area contributed by atoms with Crippen molar-refractivity contribution in [1.82, 2.24) is 0 Å². The fraction of sp³-hybridized carbons (Fsp3) is 0.643. The molecule has 4 nitrogen and oxygen atoms in total. The number of nitrogens with zero attached hydrogens (tertiary/aromatic N) is 1. The number of aromatic nitrogens is 1. The van der Waals surface area contributed by atoms with Crippen LogP contribution in [0.15, 0.2) is 30.6 Å². The Kier molecular flexibility index (Phi) is 7.23. The summed E-state index contributed by atoms with van der Waals surface area (Å²) in [5.41, 5.74) is 0.119. The summed E-state index contributed by atoms with van der Waals surface area (Å²) in [5.74, 6) is 0. The normalized spacial score (nSPS) is 13.5. The number of pyridine rings is 1. The molecule has 0 aliphatic rings. The van der Waals surface area contributed by atoms with Gasteiger partial charge in [0.05, 0.1) is 0 Å². The maximum atomic E-state index is 5.99. The highest BCUT2D eigenvalue weighted by molar-refractivity contribution is 6.61. The van der Waals surface area contributed by atoms with Gasteiger partial charge < -0.3 is 13.3 Å². The Hall–Kier alpha value is -0.753. The first-order valence-electron chi connectivity index (χ1n) is 7.11. The lowest BCUT2D eigenvalue weighted by atomic mass is 10.4. The minimum Gasteiger partial charge on any atom is -0.370 e. The molecule has 1 atom stereocenters. The summed E-state index contributed by atoms with van der Waals surface area (Å²) in [6.07, 6.45) is 5.01. The standard InChI is InChI=1S/C14H26NO3Si/c1-5-14(15-12-10-9-11-13-15)19(16-6-2,17-7-3)18-8-4/h9-14H,5-8H2,1-4H3/q+1. The van der Waals surface area contributed by atoms with Crippen LogP contribution in [-0.4, -0.2) is 28.6 Å². The van der Waals surface area contributed by atoms with E-state index < -0.39 is 8.80 Å². The van der Waals surface area contributed by atoms with E-state index >= 15 is 0 Å². The minimum absolute atomic E-state index is 0.119. The van der Waals surface area contributed by atoms with Gasteiger partial charge in [-0.25, -0.2) is 0 Å². The van der Waals surface area contributed by atoms with Gasteiger partial charge in [0, 0.05) is 38.4 Å². The molecule has 0 aliphatic carbocycles. The van der Waals surface area contributed by atoms with Crippen molar-refractivity contribution in [3.63, 3.8) is 0 Å². The quantitative estimate of drug-likeness (QED) is 0.516. The van der Waals surface area contributed by atoms with E-state index in [1.54, 1.807) is 0 Å². The van der Waals surface area contributed by atoms with Crippen LogP contribution in [0.2, 0.25) is 0 Å². The van der Waals surface area contributed by atoms with Crippen LogP contribution in [-0.2, 0) is 13.3 Å². The Morgan fingerprint density at radius 2 is 1.32 bits per heavy atom. The molecule has 1 unspecified atom stereocenters. The first-order valence-corrected chi connectivity index (χ1v) is 8.91. The number of rotatable bonds is 9. The zero-order valence-corrected chi connectivity index (χ0v) is 13.5. The van der Waals surface area contributed by atoms with Crippen LogP contribution in [0, 0.1) is 0 Å². The number of hydrogen-bond acceptors (Lipinski definition) is 3. The topological polar surface area (TPSA) is 31.6 Å². The number of hydrogen-bond donors (Lipinski definition) is 0. The molecule has 0 saturated heterocycles. The summed E-state index contributed by atoms with van der Waals surface area (Å²) >= 11 is 0. The second kappa shape index (κ2) is 8.42.